The third kappa shape index (κ3) is 16.5. The Morgan fingerprint density at radius 2 is 0.553 bits per heavy atom. The number of hydrogen-bond acceptors (Lipinski definition) is 0. The second-order valence-electron chi connectivity index (χ2n) is 16.9. The van der Waals surface area contributed by atoms with Crippen molar-refractivity contribution in [1.29, 1.82) is 0 Å². The molecule has 0 saturated heterocycles. The molecule has 0 atom stereocenters. The van der Waals surface area contributed by atoms with Crippen LogP contribution in [0.25, 0.3) is 0 Å². The molecule has 0 nitrogen and oxygen atoms in total. The molecule has 0 spiro atoms. The summed E-state index contributed by atoms with van der Waals surface area (Å²) in [6.07, 6.45) is 47.2. The minimum Gasteiger partial charge on any atom is -1.00 e. The van der Waals surface area contributed by atoms with E-state index in [1.807, 2.05) is 0 Å². The fourth-order valence-electron chi connectivity index (χ4n) is 10.3. The van der Waals surface area contributed by atoms with Gasteiger partial charge < -0.3 is 24.8 Å². The second kappa shape index (κ2) is 25.6. The first-order valence-electron chi connectivity index (χ1n) is 20.7. The van der Waals surface area contributed by atoms with Crippen LogP contribution in [0.2, 0.25) is 4.01 Å². The number of halogens is 2. The Kier molecular flexibility index (Phi) is 24.5. The monoisotopic (exact) mass is 815 g/mol. The van der Waals surface area contributed by atoms with Crippen molar-refractivity contribution in [2.45, 2.75) is 251 Å². The molecule has 0 amide bonds. The zero-order valence-corrected chi connectivity index (χ0v) is 36.4. The topological polar surface area (TPSA) is 0 Å². The Morgan fingerprint density at radius 1 is 0.383 bits per heavy atom. The largest absolute Gasteiger partial charge is 1.00 e. The molecule has 0 radical (unpaired) electrons. The Morgan fingerprint density at radius 3 is 0.660 bits per heavy atom. The van der Waals surface area contributed by atoms with Gasteiger partial charge in [0.05, 0.1) is 0 Å². The van der Waals surface area contributed by atoms with Crippen LogP contribution in [0.4, 0.5) is 0 Å². The predicted octanol–water partition coefficient (Wildman–Crippen LogP) is 8.82. The molecule has 6 saturated carbocycles. The normalized spacial score (nSPS) is 24.9. The van der Waals surface area contributed by atoms with Crippen molar-refractivity contribution in [2.75, 3.05) is 0 Å². The van der Waals surface area contributed by atoms with Crippen LogP contribution in [0.3, 0.4) is 0 Å². The Hall–Kier alpha value is 1.71. The summed E-state index contributed by atoms with van der Waals surface area (Å²) < 4.78 is 3.41. The van der Waals surface area contributed by atoms with E-state index in [-0.39, 0.29) is 41.5 Å². The average molecular weight is 816 g/mol. The van der Waals surface area contributed by atoms with Gasteiger partial charge >= 0.3 is 52.3 Å². The van der Waals surface area contributed by atoms with Crippen molar-refractivity contribution in [3.63, 3.8) is 0 Å². The van der Waals surface area contributed by atoms with Gasteiger partial charge in [-0.15, -0.1) is 0 Å². The maximum Gasteiger partial charge on any atom is -1.00 e. The van der Waals surface area contributed by atoms with Gasteiger partial charge in [0.25, 0.3) is 0 Å². The molecule has 0 aromatic carbocycles. The van der Waals surface area contributed by atoms with Crippen LogP contribution in [0, 0.1) is 0 Å². The van der Waals surface area contributed by atoms with Crippen molar-refractivity contribution >= 4 is 20.1 Å². The summed E-state index contributed by atoms with van der Waals surface area (Å²) in [7, 11) is 0.770. The standard InChI is InChI=1S/2C18H33P.C4H9.C2H2.2ClH.Ru/c2*1-4-10-16(11-5-1)19(17-12-6-2-7-13-17)18-14-8-3-9-15-18;1-4(2)3;1-2;;;/h2*16-18H,1-15H2;1-3H3;1H2;2*1H;/q;;;;;;+2/p-2. The predicted molar refractivity (Wildman–Crippen MR) is 205 cm³/mol. The van der Waals surface area contributed by atoms with Crippen molar-refractivity contribution in [3.05, 3.63) is 6.58 Å². The minimum atomic E-state index is 0. The molecule has 0 aromatic rings. The summed E-state index contributed by atoms with van der Waals surface area (Å²) in [4.78, 5) is 0. The van der Waals surface area contributed by atoms with Crippen molar-refractivity contribution < 1.29 is 41.5 Å². The first kappa shape index (κ1) is 44.9. The van der Waals surface area contributed by atoms with Crippen LogP contribution in [-0.4, -0.2) is 38.2 Å². The van der Waals surface area contributed by atoms with Gasteiger partial charge in [0.2, 0.25) is 0 Å². The Bertz CT molecular complexity index is 663. The van der Waals surface area contributed by atoms with E-state index in [0.29, 0.717) is 19.9 Å². The number of hydrogen-bond donors (Lipinski definition) is 0. The SMILES string of the molecule is C1CCC(P(C2CCCCC2)C2CCCCC2)CC1.C1CCC(P(C2CCCCC2)C2CCCCC2)CC1.C=[C]=[Ru+2][C](C)(C)C.[Cl-].[Cl-]. The quantitative estimate of drug-likeness (QED) is 0.186. The Labute approximate surface area is 317 Å². The second-order valence-corrected chi connectivity index (χ2v) is 26.7. The zero-order chi connectivity index (χ0) is 31.7. The third-order valence-corrected chi connectivity index (χ3v) is 22.1. The first-order valence-corrected chi connectivity index (χ1v) is 25.5. The van der Waals surface area contributed by atoms with Gasteiger partial charge in [-0.25, -0.2) is 0 Å². The van der Waals surface area contributed by atoms with E-state index in [9.17, 15) is 0 Å². The maximum absolute atomic E-state index is 3.56. The summed E-state index contributed by atoms with van der Waals surface area (Å²) in [5, 5.41) is 0. The molecule has 0 heterocycles. The molecule has 277 valence electrons. The van der Waals surface area contributed by atoms with Crippen LogP contribution in [-0.2, 0) is 16.7 Å². The van der Waals surface area contributed by atoms with E-state index in [1.165, 1.54) is 72.5 Å². The minimum absolute atomic E-state index is 0. The van der Waals surface area contributed by atoms with Crippen molar-refractivity contribution in [2.24, 2.45) is 0 Å². The van der Waals surface area contributed by atoms with E-state index in [0.717, 1.165) is 0 Å². The van der Waals surface area contributed by atoms with Crippen molar-refractivity contribution in [3.8, 4) is 0 Å². The molecule has 47 heavy (non-hydrogen) atoms. The molecule has 0 N–H and O–H groups in total. The first-order chi connectivity index (χ1) is 22.0. The molecular weight excluding hydrogens is 738 g/mol. The molecule has 0 aromatic heterocycles. The van der Waals surface area contributed by atoms with Gasteiger partial charge in [-0.1, -0.05) is 131 Å². The molecule has 6 aliphatic carbocycles. The van der Waals surface area contributed by atoms with Gasteiger partial charge in [-0.3, -0.25) is 0 Å². The zero-order valence-electron chi connectivity index (χ0n) is 31.4. The third-order valence-electron chi connectivity index (χ3n) is 12.3. The summed E-state index contributed by atoms with van der Waals surface area (Å²) in [5.74, 6) is 0. The van der Waals surface area contributed by atoms with Gasteiger partial charge in [-0.2, -0.15) is 0 Å². The van der Waals surface area contributed by atoms with Crippen LogP contribution in [0.5, 0.6) is 0 Å². The summed E-state index contributed by atoms with van der Waals surface area (Å²) in [6.45, 7) is 10.2. The van der Waals surface area contributed by atoms with E-state index in [4.69, 9.17) is 0 Å². The molecule has 6 fully saturated rings. The van der Waals surface area contributed by atoms with Crippen molar-refractivity contribution in [1.82, 2.24) is 0 Å². The molecule has 6 aliphatic rings. The summed E-state index contributed by atoms with van der Waals surface area (Å²) in [5.41, 5.74) is 7.14. The van der Waals surface area contributed by atoms with Gasteiger partial charge in [-0.05, 0) is 111 Å². The molecule has 6 rings (SSSR count). The van der Waals surface area contributed by atoms with E-state index >= 15 is 0 Å². The van der Waals surface area contributed by atoms with Crippen LogP contribution in [0.15, 0.2) is 6.58 Å². The van der Waals surface area contributed by atoms with Crippen LogP contribution >= 0.6 is 15.8 Å². The van der Waals surface area contributed by atoms with E-state index in [1.54, 1.807) is 154 Å². The van der Waals surface area contributed by atoms with Crippen LogP contribution < -0.4 is 24.8 Å². The molecule has 0 aliphatic heterocycles. The maximum atomic E-state index is 3.56. The molecule has 0 bridgehead atoms. The van der Waals surface area contributed by atoms with Gasteiger partial charge in [0.15, 0.2) is 0 Å². The fourth-order valence-corrected chi connectivity index (χ4v) is 20.5. The van der Waals surface area contributed by atoms with E-state index < -0.39 is 0 Å². The molecular formula is C42H77Cl2P2Ru. The molecule has 5 heteroatoms. The van der Waals surface area contributed by atoms with E-state index in [2.05, 4.69) is 31.6 Å². The Balaban J connectivity index is 0.000000264. The van der Waals surface area contributed by atoms with Gasteiger partial charge in [0.1, 0.15) is 0 Å². The average Bonchev–Trinajstić information content (AvgIpc) is 3.08. The smallest absolute Gasteiger partial charge is 1.00 e. The number of rotatable bonds is 6. The molecule has 0 unspecified atom stereocenters. The fraction of sp³-hybridized carbons (Fsp3) is 0.952. The summed E-state index contributed by atoms with van der Waals surface area (Å²) >= 11 is 0.279. The van der Waals surface area contributed by atoms with Gasteiger partial charge in [0, 0.05) is 0 Å². The summed E-state index contributed by atoms with van der Waals surface area (Å²) in [6, 6.07) is 0. The van der Waals surface area contributed by atoms with Crippen LogP contribution in [0.1, 0.15) is 213 Å².